The number of aromatic nitrogens is 4. The maximum absolute atomic E-state index is 13.1. The van der Waals surface area contributed by atoms with E-state index in [2.05, 4.69) is 24.8 Å². The second-order valence-corrected chi connectivity index (χ2v) is 7.43. The van der Waals surface area contributed by atoms with E-state index in [1.165, 1.54) is 30.2 Å². The fraction of sp³-hybridized carbons (Fsp3) is 0.316. The van der Waals surface area contributed by atoms with Crippen molar-refractivity contribution in [1.29, 1.82) is 0 Å². The molecular formula is C19H19FN6OS. The number of carbonyl (C=O) groups excluding carboxylic acids is 1. The molecule has 2 aromatic heterocycles. The Morgan fingerprint density at radius 1 is 1.11 bits per heavy atom. The monoisotopic (exact) mass is 398 g/mol. The molecule has 0 N–H and O–H groups in total. The number of carbonyl (C=O) groups is 1. The predicted octanol–water partition coefficient (Wildman–Crippen LogP) is 2.31. The number of amides is 1. The Hall–Kier alpha value is -2.81. The van der Waals surface area contributed by atoms with E-state index < -0.39 is 0 Å². The topological polar surface area (TPSA) is 75.1 Å². The summed E-state index contributed by atoms with van der Waals surface area (Å²) in [5.74, 6) is 0.782. The summed E-state index contributed by atoms with van der Waals surface area (Å²) in [6.07, 6.45) is 3.16. The molecule has 9 heteroatoms. The Balaban J connectivity index is 1.35. The average molecular weight is 398 g/mol. The minimum Gasteiger partial charge on any atom is -0.368 e. The molecule has 144 valence electrons. The van der Waals surface area contributed by atoms with E-state index in [0.29, 0.717) is 35.3 Å². The lowest BCUT2D eigenvalue weighted by Gasteiger charge is -2.36. The van der Waals surface area contributed by atoms with E-state index in [1.54, 1.807) is 18.3 Å². The Morgan fingerprint density at radius 3 is 2.61 bits per heavy atom. The van der Waals surface area contributed by atoms with Crippen LogP contribution >= 0.6 is 11.8 Å². The van der Waals surface area contributed by atoms with Gasteiger partial charge in [-0.05, 0) is 31.2 Å². The molecule has 0 atom stereocenters. The van der Waals surface area contributed by atoms with Crippen molar-refractivity contribution in [1.82, 2.24) is 24.8 Å². The lowest BCUT2D eigenvalue weighted by atomic mass is 10.2. The molecule has 1 amide bonds. The maximum Gasteiger partial charge on any atom is 0.233 e. The number of piperazine rings is 1. The molecule has 3 aromatic rings. The van der Waals surface area contributed by atoms with Crippen molar-refractivity contribution in [3.05, 3.63) is 48.4 Å². The zero-order valence-electron chi connectivity index (χ0n) is 15.4. The van der Waals surface area contributed by atoms with Crippen LogP contribution < -0.4 is 4.90 Å². The number of hydrogen-bond donors (Lipinski definition) is 0. The molecule has 0 spiro atoms. The van der Waals surface area contributed by atoms with Gasteiger partial charge in [0, 0.05) is 38.1 Å². The lowest BCUT2D eigenvalue weighted by molar-refractivity contribution is -0.128. The van der Waals surface area contributed by atoms with Crippen LogP contribution in [0.2, 0.25) is 0 Å². The zero-order chi connectivity index (χ0) is 19.5. The average Bonchev–Trinajstić information content (AvgIpc) is 2.72. The van der Waals surface area contributed by atoms with Gasteiger partial charge in [0.2, 0.25) is 5.91 Å². The van der Waals surface area contributed by atoms with Crippen molar-refractivity contribution in [3.63, 3.8) is 0 Å². The van der Waals surface area contributed by atoms with Gasteiger partial charge < -0.3 is 9.80 Å². The number of nitrogens with zero attached hydrogens (tertiary/aromatic N) is 6. The third-order valence-corrected chi connectivity index (χ3v) is 5.62. The quantitative estimate of drug-likeness (QED) is 0.493. The number of aryl methyl sites for hydroxylation is 1. The van der Waals surface area contributed by atoms with Crippen molar-refractivity contribution in [3.8, 4) is 0 Å². The molecule has 1 fully saturated rings. The van der Waals surface area contributed by atoms with Gasteiger partial charge in [0.05, 0.1) is 11.1 Å². The molecule has 0 radical (unpaired) electrons. The van der Waals surface area contributed by atoms with Crippen LogP contribution in [0, 0.1) is 12.7 Å². The van der Waals surface area contributed by atoms with E-state index in [1.807, 2.05) is 11.8 Å². The van der Waals surface area contributed by atoms with Crippen LogP contribution in [-0.2, 0) is 4.79 Å². The highest BCUT2D eigenvalue weighted by Gasteiger charge is 2.22. The van der Waals surface area contributed by atoms with E-state index in [0.717, 1.165) is 24.2 Å². The minimum atomic E-state index is -0.243. The summed E-state index contributed by atoms with van der Waals surface area (Å²) in [4.78, 5) is 33.6. The van der Waals surface area contributed by atoms with Crippen LogP contribution in [0.15, 0.2) is 41.8 Å². The second kappa shape index (κ2) is 8.05. The van der Waals surface area contributed by atoms with Crippen molar-refractivity contribution in [2.45, 2.75) is 11.9 Å². The molecule has 1 aromatic carbocycles. The first-order valence-corrected chi connectivity index (χ1v) is 9.94. The van der Waals surface area contributed by atoms with Crippen LogP contribution in [0.4, 0.5) is 10.1 Å². The number of hydrogen-bond acceptors (Lipinski definition) is 7. The zero-order valence-corrected chi connectivity index (χ0v) is 16.2. The van der Waals surface area contributed by atoms with E-state index in [4.69, 9.17) is 0 Å². The van der Waals surface area contributed by atoms with Gasteiger partial charge in [-0.15, -0.1) is 0 Å². The van der Waals surface area contributed by atoms with Gasteiger partial charge in [0.1, 0.15) is 23.0 Å². The largest absolute Gasteiger partial charge is 0.368 e. The molecule has 4 rings (SSSR count). The summed E-state index contributed by atoms with van der Waals surface area (Å²) in [6.45, 7) is 4.55. The minimum absolute atomic E-state index is 0.0727. The summed E-state index contributed by atoms with van der Waals surface area (Å²) >= 11 is 1.38. The summed E-state index contributed by atoms with van der Waals surface area (Å²) in [5.41, 5.74) is 1.57. The third kappa shape index (κ3) is 4.04. The van der Waals surface area contributed by atoms with Gasteiger partial charge in [0.15, 0.2) is 5.65 Å². The highest BCUT2D eigenvalue weighted by Crippen LogP contribution is 2.24. The van der Waals surface area contributed by atoms with Crippen molar-refractivity contribution in [2.24, 2.45) is 0 Å². The predicted molar refractivity (Wildman–Crippen MR) is 106 cm³/mol. The number of thioether (sulfide) groups is 1. The molecule has 3 heterocycles. The van der Waals surface area contributed by atoms with Crippen molar-refractivity contribution >= 4 is 34.4 Å². The second-order valence-electron chi connectivity index (χ2n) is 6.47. The molecule has 28 heavy (non-hydrogen) atoms. The molecule has 0 bridgehead atoms. The number of anilines is 1. The normalized spacial score (nSPS) is 14.5. The Kier molecular flexibility index (Phi) is 5.34. The van der Waals surface area contributed by atoms with Gasteiger partial charge in [-0.1, -0.05) is 11.8 Å². The highest BCUT2D eigenvalue weighted by molar-refractivity contribution is 8.00. The molecule has 1 aliphatic heterocycles. The van der Waals surface area contributed by atoms with E-state index in [-0.39, 0.29) is 11.7 Å². The molecule has 1 aliphatic rings. The van der Waals surface area contributed by atoms with Gasteiger partial charge in [-0.25, -0.2) is 24.3 Å². The fourth-order valence-corrected chi connectivity index (χ4v) is 3.98. The van der Waals surface area contributed by atoms with E-state index >= 15 is 0 Å². The van der Waals surface area contributed by atoms with Crippen LogP contribution in [0.25, 0.3) is 11.0 Å². The van der Waals surface area contributed by atoms with Crippen LogP contribution in [0.3, 0.4) is 0 Å². The summed E-state index contributed by atoms with van der Waals surface area (Å²) < 4.78 is 13.1. The molecule has 0 saturated carbocycles. The van der Waals surface area contributed by atoms with Gasteiger partial charge >= 0.3 is 0 Å². The molecule has 7 nitrogen and oxygen atoms in total. The summed E-state index contributed by atoms with van der Waals surface area (Å²) in [6, 6.07) is 6.46. The van der Waals surface area contributed by atoms with Gasteiger partial charge in [0.25, 0.3) is 0 Å². The summed E-state index contributed by atoms with van der Waals surface area (Å²) in [5, 5.41) is 1.47. The van der Waals surface area contributed by atoms with Gasteiger partial charge in [-0.2, -0.15) is 0 Å². The number of halogens is 1. The number of benzene rings is 1. The molecule has 0 aliphatic carbocycles. The van der Waals surface area contributed by atoms with Crippen molar-refractivity contribution in [2.75, 3.05) is 36.8 Å². The molecule has 1 saturated heterocycles. The standard InChI is InChI=1S/C19H19FN6OS/c1-13-21-10-16-18(24-13)22-12-23-19(16)28-11-17(27)26-8-6-25(7-9-26)15-4-2-14(20)3-5-15/h2-5,10,12H,6-9,11H2,1H3. The first-order chi connectivity index (χ1) is 13.6. The Labute approximate surface area is 166 Å². The van der Waals surface area contributed by atoms with Crippen LogP contribution in [0.1, 0.15) is 5.82 Å². The fourth-order valence-electron chi connectivity index (χ4n) is 3.12. The number of fused-ring (bicyclic) bond motifs is 1. The lowest BCUT2D eigenvalue weighted by Crippen LogP contribution is -2.49. The SMILES string of the molecule is Cc1ncc2c(SCC(=O)N3CCN(c4ccc(F)cc4)CC3)ncnc2n1. The van der Waals surface area contributed by atoms with Gasteiger partial charge in [-0.3, -0.25) is 4.79 Å². The third-order valence-electron chi connectivity index (χ3n) is 4.63. The molecular weight excluding hydrogens is 379 g/mol. The first-order valence-electron chi connectivity index (χ1n) is 8.95. The van der Waals surface area contributed by atoms with Crippen molar-refractivity contribution < 1.29 is 9.18 Å². The smallest absolute Gasteiger partial charge is 0.233 e. The Bertz CT molecular complexity index is 991. The highest BCUT2D eigenvalue weighted by atomic mass is 32.2. The van der Waals surface area contributed by atoms with E-state index in [9.17, 15) is 9.18 Å². The number of rotatable bonds is 4. The van der Waals surface area contributed by atoms with Crippen LogP contribution in [0.5, 0.6) is 0 Å². The summed E-state index contributed by atoms with van der Waals surface area (Å²) in [7, 11) is 0. The first kappa shape index (κ1) is 18.5. The maximum atomic E-state index is 13.1. The van der Waals surface area contributed by atoms with Crippen LogP contribution in [-0.4, -0.2) is 62.7 Å². The Morgan fingerprint density at radius 2 is 1.86 bits per heavy atom. The molecule has 0 unspecified atom stereocenters.